The lowest BCUT2D eigenvalue weighted by molar-refractivity contribution is 0.351. The van der Waals surface area contributed by atoms with Crippen molar-refractivity contribution in [3.63, 3.8) is 0 Å². The molecular formula is C20H25OS. The van der Waals surface area contributed by atoms with Gasteiger partial charge in [0.2, 0.25) is 0 Å². The monoisotopic (exact) mass is 313 g/mol. The van der Waals surface area contributed by atoms with E-state index in [1.807, 2.05) is 19.1 Å². The SMILES string of the molecule is CCCCCc1ccc(CSc2ccc([O])c(C)c2)cc1C. The van der Waals surface area contributed by atoms with Crippen LogP contribution in [0.2, 0.25) is 0 Å². The van der Waals surface area contributed by atoms with Crippen LogP contribution < -0.4 is 0 Å². The average Bonchev–Trinajstić information content (AvgIpc) is 2.50. The fourth-order valence-electron chi connectivity index (χ4n) is 2.57. The van der Waals surface area contributed by atoms with Crippen LogP contribution in [-0.4, -0.2) is 0 Å². The zero-order valence-corrected chi connectivity index (χ0v) is 14.6. The zero-order chi connectivity index (χ0) is 15.9. The van der Waals surface area contributed by atoms with E-state index in [2.05, 4.69) is 32.0 Å². The number of unbranched alkanes of at least 4 members (excludes halogenated alkanes) is 2. The van der Waals surface area contributed by atoms with Crippen LogP contribution in [0.1, 0.15) is 48.4 Å². The van der Waals surface area contributed by atoms with Gasteiger partial charge in [0.15, 0.2) is 5.75 Å². The van der Waals surface area contributed by atoms with Gasteiger partial charge in [-0.3, -0.25) is 5.11 Å². The summed E-state index contributed by atoms with van der Waals surface area (Å²) in [7, 11) is 0. The number of benzene rings is 2. The Morgan fingerprint density at radius 3 is 2.45 bits per heavy atom. The minimum Gasteiger partial charge on any atom is -0.290 e. The van der Waals surface area contributed by atoms with E-state index in [0.29, 0.717) is 0 Å². The minimum absolute atomic E-state index is 0.122. The minimum atomic E-state index is 0.122. The molecule has 0 unspecified atom stereocenters. The third kappa shape index (κ3) is 4.81. The highest BCUT2D eigenvalue weighted by atomic mass is 32.2. The molecule has 2 rings (SSSR count). The zero-order valence-electron chi connectivity index (χ0n) is 13.8. The summed E-state index contributed by atoms with van der Waals surface area (Å²) in [6, 6.07) is 12.4. The standard InChI is InChI=1S/C20H25OS/c1-4-5-6-7-18-9-8-17(12-15(18)2)14-22-19-10-11-20(21)16(3)13-19/h8-13H,4-7,14H2,1-3H3. The van der Waals surface area contributed by atoms with Crippen LogP contribution in [-0.2, 0) is 17.3 Å². The van der Waals surface area contributed by atoms with Crippen molar-refractivity contribution in [1.82, 2.24) is 0 Å². The molecule has 0 aliphatic heterocycles. The van der Waals surface area contributed by atoms with Gasteiger partial charge in [0.25, 0.3) is 0 Å². The topological polar surface area (TPSA) is 19.9 Å². The van der Waals surface area contributed by atoms with Gasteiger partial charge in [-0.15, -0.1) is 11.8 Å². The maximum absolute atomic E-state index is 11.4. The van der Waals surface area contributed by atoms with E-state index >= 15 is 0 Å². The molecule has 2 heteroatoms. The first-order valence-electron chi connectivity index (χ1n) is 8.09. The van der Waals surface area contributed by atoms with Gasteiger partial charge in [-0.2, -0.15) is 0 Å². The van der Waals surface area contributed by atoms with Crippen LogP contribution >= 0.6 is 11.8 Å². The summed E-state index contributed by atoms with van der Waals surface area (Å²) < 4.78 is 0. The molecule has 2 aromatic rings. The van der Waals surface area contributed by atoms with Gasteiger partial charge in [0.1, 0.15) is 0 Å². The van der Waals surface area contributed by atoms with Crippen LogP contribution in [0.4, 0.5) is 0 Å². The summed E-state index contributed by atoms with van der Waals surface area (Å²) in [5.74, 6) is 1.07. The van der Waals surface area contributed by atoms with Gasteiger partial charge >= 0.3 is 0 Å². The number of thioether (sulfide) groups is 1. The van der Waals surface area contributed by atoms with Crippen molar-refractivity contribution in [1.29, 1.82) is 0 Å². The van der Waals surface area contributed by atoms with E-state index in [9.17, 15) is 5.11 Å². The molecule has 0 saturated heterocycles. The molecule has 0 N–H and O–H groups in total. The third-order valence-corrected chi connectivity index (χ3v) is 5.07. The van der Waals surface area contributed by atoms with Crippen LogP contribution in [0.5, 0.6) is 5.75 Å². The lowest BCUT2D eigenvalue weighted by atomic mass is 10.0. The Bertz CT molecular complexity index is 619. The molecule has 0 heterocycles. The molecule has 0 aliphatic rings. The molecule has 0 fully saturated rings. The molecule has 0 bridgehead atoms. The van der Waals surface area contributed by atoms with Crippen LogP contribution in [0.3, 0.4) is 0 Å². The van der Waals surface area contributed by atoms with Crippen molar-refractivity contribution in [2.24, 2.45) is 0 Å². The first-order valence-corrected chi connectivity index (χ1v) is 9.07. The number of aryl methyl sites for hydroxylation is 3. The quantitative estimate of drug-likeness (QED) is 0.423. The van der Waals surface area contributed by atoms with Crippen molar-refractivity contribution in [2.45, 2.75) is 57.1 Å². The lowest BCUT2D eigenvalue weighted by Crippen LogP contribution is -1.92. The third-order valence-electron chi connectivity index (χ3n) is 4.01. The second-order valence-corrected chi connectivity index (χ2v) is 6.98. The van der Waals surface area contributed by atoms with Crippen LogP contribution in [0.25, 0.3) is 0 Å². The van der Waals surface area contributed by atoms with Crippen LogP contribution in [0, 0.1) is 13.8 Å². The van der Waals surface area contributed by atoms with Gasteiger partial charge in [0, 0.05) is 10.6 Å². The second-order valence-electron chi connectivity index (χ2n) is 5.93. The van der Waals surface area contributed by atoms with Crippen molar-refractivity contribution >= 4 is 11.8 Å². The molecule has 1 radical (unpaired) electrons. The van der Waals surface area contributed by atoms with E-state index in [4.69, 9.17) is 0 Å². The Kier molecular flexibility index (Phi) is 6.38. The van der Waals surface area contributed by atoms with Gasteiger partial charge in [0.05, 0.1) is 0 Å². The number of hydrogen-bond acceptors (Lipinski definition) is 1. The molecule has 0 amide bonds. The van der Waals surface area contributed by atoms with Gasteiger partial charge in [-0.25, -0.2) is 0 Å². The Hall–Kier alpha value is -1.41. The summed E-state index contributed by atoms with van der Waals surface area (Å²) >= 11 is 1.79. The van der Waals surface area contributed by atoms with E-state index in [0.717, 1.165) is 11.3 Å². The smallest absolute Gasteiger partial charge is 0.181 e. The van der Waals surface area contributed by atoms with Crippen molar-refractivity contribution in [3.8, 4) is 5.75 Å². The number of rotatable bonds is 7. The Balaban J connectivity index is 1.95. The molecule has 0 saturated carbocycles. The van der Waals surface area contributed by atoms with Crippen LogP contribution in [0.15, 0.2) is 41.3 Å². The normalized spacial score (nSPS) is 10.9. The van der Waals surface area contributed by atoms with E-state index in [-0.39, 0.29) is 5.75 Å². The molecule has 0 aromatic heterocycles. The highest BCUT2D eigenvalue weighted by Gasteiger charge is 2.04. The van der Waals surface area contributed by atoms with Crippen molar-refractivity contribution in [2.75, 3.05) is 0 Å². The largest absolute Gasteiger partial charge is 0.290 e. The highest BCUT2D eigenvalue weighted by molar-refractivity contribution is 7.98. The Labute approximate surface area is 138 Å². The predicted octanol–water partition coefficient (Wildman–Crippen LogP) is 6.47. The maximum atomic E-state index is 11.4. The molecule has 2 aromatic carbocycles. The Morgan fingerprint density at radius 1 is 0.955 bits per heavy atom. The van der Waals surface area contributed by atoms with Gasteiger partial charge in [-0.1, -0.05) is 38.0 Å². The predicted molar refractivity (Wildman–Crippen MR) is 95.3 cm³/mol. The average molecular weight is 313 g/mol. The maximum Gasteiger partial charge on any atom is 0.181 e. The number of hydrogen-bond donors (Lipinski definition) is 0. The molecule has 0 atom stereocenters. The summed E-state index contributed by atoms with van der Waals surface area (Å²) in [6.45, 7) is 6.34. The van der Waals surface area contributed by atoms with E-state index in [1.54, 1.807) is 17.8 Å². The molecular weight excluding hydrogens is 288 g/mol. The first-order chi connectivity index (χ1) is 10.6. The lowest BCUT2D eigenvalue weighted by Gasteiger charge is -2.09. The van der Waals surface area contributed by atoms with Gasteiger partial charge < -0.3 is 0 Å². The fraction of sp³-hybridized carbons (Fsp3) is 0.400. The molecule has 22 heavy (non-hydrogen) atoms. The van der Waals surface area contributed by atoms with E-state index in [1.165, 1.54) is 47.3 Å². The second kappa shape index (κ2) is 8.28. The molecule has 117 valence electrons. The Morgan fingerprint density at radius 2 is 1.77 bits per heavy atom. The highest BCUT2D eigenvalue weighted by Crippen LogP contribution is 2.28. The fourth-order valence-corrected chi connectivity index (χ4v) is 3.51. The summed E-state index contributed by atoms with van der Waals surface area (Å²) in [6.07, 6.45) is 5.06. The van der Waals surface area contributed by atoms with Gasteiger partial charge in [-0.05, 0) is 67.1 Å². The summed E-state index contributed by atoms with van der Waals surface area (Å²) in [4.78, 5) is 1.17. The summed E-state index contributed by atoms with van der Waals surface area (Å²) in [5, 5.41) is 11.4. The van der Waals surface area contributed by atoms with E-state index < -0.39 is 0 Å². The molecule has 0 spiro atoms. The van der Waals surface area contributed by atoms with Crippen molar-refractivity contribution < 1.29 is 5.11 Å². The first kappa shape index (κ1) is 17.0. The van der Waals surface area contributed by atoms with Crippen molar-refractivity contribution in [3.05, 3.63) is 58.7 Å². The summed E-state index contributed by atoms with van der Waals surface area (Å²) in [5.41, 5.74) is 5.06. The molecule has 1 nitrogen and oxygen atoms in total. The molecule has 0 aliphatic carbocycles.